The molecule has 3 heteroatoms. The number of benzene rings is 2. The van der Waals surface area contributed by atoms with Crippen molar-refractivity contribution in [3.05, 3.63) is 54.6 Å². The molecule has 3 nitrogen and oxygen atoms in total. The van der Waals surface area contributed by atoms with Gasteiger partial charge in [0.2, 0.25) is 0 Å². The number of hydrogen-bond donors (Lipinski definition) is 0. The molecule has 122 valence electrons. The van der Waals surface area contributed by atoms with Gasteiger partial charge in [0.05, 0.1) is 13.2 Å². The van der Waals surface area contributed by atoms with Crippen molar-refractivity contribution in [2.45, 2.75) is 32.6 Å². The summed E-state index contributed by atoms with van der Waals surface area (Å²) in [6.07, 6.45) is 5.18. The first kappa shape index (κ1) is 17.1. The van der Waals surface area contributed by atoms with Gasteiger partial charge in [-0.05, 0) is 55.5 Å². The van der Waals surface area contributed by atoms with Gasteiger partial charge in [-0.3, -0.25) is 0 Å². The van der Waals surface area contributed by atoms with Crippen LogP contribution in [0, 0.1) is 6.92 Å². The third-order valence-corrected chi connectivity index (χ3v) is 3.69. The number of ether oxygens (including phenoxy) is 2. The van der Waals surface area contributed by atoms with Gasteiger partial charge in [0.15, 0.2) is 0 Å². The predicted molar refractivity (Wildman–Crippen MR) is 93.8 cm³/mol. The van der Waals surface area contributed by atoms with E-state index in [1.165, 1.54) is 22.4 Å². The third kappa shape index (κ3) is 5.78. The smallest absolute Gasteiger partial charge is 0.330 e. The summed E-state index contributed by atoms with van der Waals surface area (Å²) in [4.78, 5) is 10.9. The quantitative estimate of drug-likeness (QED) is 0.378. The number of rotatable bonds is 9. The molecule has 0 aliphatic heterocycles. The first-order chi connectivity index (χ1) is 11.2. The van der Waals surface area contributed by atoms with Crippen LogP contribution in [-0.2, 0) is 9.53 Å². The van der Waals surface area contributed by atoms with Crippen LogP contribution in [0.4, 0.5) is 0 Å². The highest BCUT2D eigenvalue weighted by Crippen LogP contribution is 2.22. The van der Waals surface area contributed by atoms with Crippen molar-refractivity contribution in [1.29, 1.82) is 0 Å². The summed E-state index contributed by atoms with van der Waals surface area (Å²) in [6, 6.07) is 12.6. The average Bonchev–Trinajstić information content (AvgIpc) is 2.57. The molecule has 0 saturated heterocycles. The van der Waals surface area contributed by atoms with E-state index in [9.17, 15) is 4.79 Å². The molecule has 0 amide bonds. The van der Waals surface area contributed by atoms with Crippen molar-refractivity contribution in [3.63, 3.8) is 0 Å². The number of aryl methyl sites for hydroxylation is 1. The van der Waals surface area contributed by atoms with Crippen molar-refractivity contribution < 1.29 is 14.3 Å². The van der Waals surface area contributed by atoms with Gasteiger partial charge in [-0.25, -0.2) is 4.79 Å². The molecule has 0 atom stereocenters. The summed E-state index contributed by atoms with van der Waals surface area (Å²) in [5.74, 6) is 0.570. The normalized spacial score (nSPS) is 10.5. The number of unbranched alkanes of at least 4 members (excludes halogenated alkanes) is 3. The van der Waals surface area contributed by atoms with Crippen LogP contribution in [0.5, 0.6) is 5.75 Å². The summed E-state index contributed by atoms with van der Waals surface area (Å²) in [6.45, 7) is 6.64. The molecule has 2 rings (SSSR count). The van der Waals surface area contributed by atoms with E-state index in [4.69, 9.17) is 9.47 Å². The van der Waals surface area contributed by atoms with E-state index < -0.39 is 0 Å². The van der Waals surface area contributed by atoms with Crippen LogP contribution in [0.2, 0.25) is 0 Å². The second-order valence-electron chi connectivity index (χ2n) is 5.65. The maximum Gasteiger partial charge on any atom is 0.330 e. The van der Waals surface area contributed by atoms with Gasteiger partial charge >= 0.3 is 5.97 Å². The lowest BCUT2D eigenvalue weighted by molar-refractivity contribution is -0.137. The molecule has 0 N–H and O–H groups in total. The van der Waals surface area contributed by atoms with Crippen molar-refractivity contribution in [2.24, 2.45) is 0 Å². The van der Waals surface area contributed by atoms with E-state index in [0.29, 0.717) is 13.2 Å². The largest absolute Gasteiger partial charge is 0.494 e. The lowest BCUT2D eigenvalue weighted by atomic mass is 10.1. The first-order valence-corrected chi connectivity index (χ1v) is 8.11. The molecular weight excluding hydrogens is 288 g/mol. The summed E-state index contributed by atoms with van der Waals surface area (Å²) in [5.41, 5.74) is 1.27. The Hall–Kier alpha value is -2.29. The predicted octanol–water partition coefficient (Wildman–Crippen LogP) is 4.82. The van der Waals surface area contributed by atoms with E-state index in [2.05, 4.69) is 43.8 Å². The zero-order valence-corrected chi connectivity index (χ0v) is 13.7. The fraction of sp³-hybridized carbons (Fsp3) is 0.350. The van der Waals surface area contributed by atoms with Crippen LogP contribution in [0.25, 0.3) is 10.8 Å². The first-order valence-electron chi connectivity index (χ1n) is 8.11. The van der Waals surface area contributed by atoms with E-state index in [0.717, 1.165) is 31.4 Å². The molecule has 0 unspecified atom stereocenters. The van der Waals surface area contributed by atoms with Crippen LogP contribution >= 0.6 is 0 Å². The highest BCUT2D eigenvalue weighted by Gasteiger charge is 1.99. The minimum Gasteiger partial charge on any atom is -0.494 e. The molecule has 2 aromatic rings. The maximum absolute atomic E-state index is 10.9. The van der Waals surface area contributed by atoms with Crippen molar-refractivity contribution in [1.82, 2.24) is 0 Å². The van der Waals surface area contributed by atoms with Gasteiger partial charge in [-0.2, -0.15) is 0 Å². The van der Waals surface area contributed by atoms with Crippen LogP contribution < -0.4 is 4.74 Å². The fourth-order valence-electron chi connectivity index (χ4n) is 2.41. The highest BCUT2D eigenvalue weighted by atomic mass is 16.5. The van der Waals surface area contributed by atoms with Gasteiger partial charge in [-0.15, -0.1) is 0 Å². The van der Waals surface area contributed by atoms with Crippen molar-refractivity contribution in [3.8, 4) is 5.75 Å². The molecule has 0 aromatic heterocycles. The zero-order valence-electron chi connectivity index (χ0n) is 13.7. The topological polar surface area (TPSA) is 35.5 Å². The Morgan fingerprint density at radius 1 is 1.00 bits per heavy atom. The highest BCUT2D eigenvalue weighted by molar-refractivity contribution is 5.84. The van der Waals surface area contributed by atoms with Crippen LogP contribution in [-0.4, -0.2) is 19.2 Å². The molecule has 0 spiro atoms. The van der Waals surface area contributed by atoms with Gasteiger partial charge in [0.25, 0.3) is 0 Å². The van der Waals surface area contributed by atoms with Gasteiger partial charge < -0.3 is 9.47 Å². The Balaban J connectivity index is 1.64. The number of esters is 1. The Morgan fingerprint density at radius 3 is 2.48 bits per heavy atom. The maximum atomic E-state index is 10.9. The fourth-order valence-corrected chi connectivity index (χ4v) is 2.41. The van der Waals surface area contributed by atoms with E-state index >= 15 is 0 Å². The molecule has 0 aliphatic rings. The van der Waals surface area contributed by atoms with Crippen molar-refractivity contribution >= 4 is 16.7 Å². The summed E-state index contributed by atoms with van der Waals surface area (Å²) < 4.78 is 10.7. The number of hydrogen-bond acceptors (Lipinski definition) is 3. The van der Waals surface area contributed by atoms with Crippen LogP contribution in [0.15, 0.2) is 49.1 Å². The minimum atomic E-state index is -0.347. The van der Waals surface area contributed by atoms with Gasteiger partial charge in [-0.1, -0.05) is 36.4 Å². The Kier molecular flexibility index (Phi) is 6.67. The standard InChI is InChI=1S/C20H24O3/c1-3-20(21)23-13-7-5-4-6-12-22-19-11-10-17-14-16(2)8-9-18(17)15-19/h3,8-11,14-15H,1,4-7,12-13H2,2H3. The Bertz CT molecular complexity index is 661. The van der Waals surface area contributed by atoms with Gasteiger partial charge in [0.1, 0.15) is 5.75 Å². The Morgan fingerprint density at radius 2 is 1.70 bits per heavy atom. The lowest BCUT2D eigenvalue weighted by Gasteiger charge is -2.08. The molecular formula is C20H24O3. The number of carbonyl (C=O) groups is 1. The molecule has 0 aliphatic carbocycles. The molecule has 23 heavy (non-hydrogen) atoms. The van der Waals surface area contributed by atoms with Gasteiger partial charge in [0, 0.05) is 6.08 Å². The van der Waals surface area contributed by atoms with E-state index in [1.54, 1.807) is 0 Å². The SMILES string of the molecule is C=CC(=O)OCCCCCCOc1ccc2cc(C)ccc2c1. The zero-order chi connectivity index (χ0) is 16.5. The third-order valence-electron chi connectivity index (χ3n) is 3.69. The molecule has 0 radical (unpaired) electrons. The lowest BCUT2D eigenvalue weighted by Crippen LogP contribution is -2.02. The van der Waals surface area contributed by atoms with Crippen LogP contribution in [0.1, 0.15) is 31.2 Å². The average molecular weight is 312 g/mol. The molecule has 0 bridgehead atoms. The van der Waals surface area contributed by atoms with E-state index in [-0.39, 0.29) is 5.97 Å². The number of carbonyl (C=O) groups excluding carboxylic acids is 1. The molecule has 0 heterocycles. The summed E-state index contributed by atoms with van der Waals surface area (Å²) >= 11 is 0. The number of fused-ring (bicyclic) bond motifs is 1. The Labute approximate surface area is 137 Å². The summed E-state index contributed by atoms with van der Waals surface area (Å²) in [7, 11) is 0. The van der Waals surface area contributed by atoms with E-state index in [1.807, 2.05) is 6.07 Å². The molecule has 2 aromatic carbocycles. The second kappa shape index (κ2) is 8.99. The minimum absolute atomic E-state index is 0.347. The molecule has 0 saturated carbocycles. The second-order valence-corrected chi connectivity index (χ2v) is 5.65. The summed E-state index contributed by atoms with van der Waals surface area (Å²) in [5, 5.41) is 2.45. The molecule has 0 fully saturated rings. The van der Waals surface area contributed by atoms with Crippen LogP contribution in [0.3, 0.4) is 0 Å². The monoisotopic (exact) mass is 312 g/mol. The van der Waals surface area contributed by atoms with Crippen molar-refractivity contribution in [2.75, 3.05) is 13.2 Å².